The van der Waals surface area contributed by atoms with Gasteiger partial charge >= 0.3 is 0 Å². The van der Waals surface area contributed by atoms with Gasteiger partial charge in [0.2, 0.25) is 0 Å². The van der Waals surface area contributed by atoms with Crippen molar-refractivity contribution in [2.24, 2.45) is 0 Å². The summed E-state index contributed by atoms with van der Waals surface area (Å²) in [4.78, 5) is 6.49. The van der Waals surface area contributed by atoms with Crippen molar-refractivity contribution < 1.29 is 0 Å². The number of aromatic nitrogens is 2. The Bertz CT molecular complexity index is 720. The van der Waals surface area contributed by atoms with Crippen LogP contribution in [0, 0.1) is 6.92 Å². The van der Waals surface area contributed by atoms with E-state index in [1.54, 1.807) is 6.20 Å². The average molecular weight is 310 g/mol. The molecule has 0 aliphatic rings. The van der Waals surface area contributed by atoms with Crippen LogP contribution in [0.1, 0.15) is 10.6 Å². The van der Waals surface area contributed by atoms with Crippen LogP contribution in [0.5, 0.6) is 0 Å². The standard InChI is InChI=1S/C13H12ClN3S2/c1-8-3-11-9(5-16-19-11)4-10(8)17(2)7-13-15-6-12(14)18-13/h3-6H,7H2,1-2H3. The first-order valence-corrected chi connectivity index (χ1v) is 7.76. The minimum Gasteiger partial charge on any atom is -0.368 e. The number of rotatable bonds is 3. The second-order valence-electron chi connectivity index (χ2n) is 4.42. The zero-order chi connectivity index (χ0) is 13.4. The lowest BCUT2D eigenvalue weighted by molar-refractivity contribution is 0.907. The summed E-state index contributed by atoms with van der Waals surface area (Å²) in [5.74, 6) is 0. The molecule has 0 fully saturated rings. The summed E-state index contributed by atoms with van der Waals surface area (Å²) in [5, 5.41) is 2.21. The molecule has 0 bridgehead atoms. The summed E-state index contributed by atoms with van der Waals surface area (Å²) in [5.41, 5.74) is 2.46. The van der Waals surface area contributed by atoms with E-state index < -0.39 is 0 Å². The number of hydrogen-bond donors (Lipinski definition) is 0. The molecule has 3 nitrogen and oxygen atoms in total. The molecule has 0 aliphatic carbocycles. The molecule has 0 saturated carbocycles. The lowest BCUT2D eigenvalue weighted by Gasteiger charge is -2.20. The van der Waals surface area contributed by atoms with Crippen molar-refractivity contribution in [2.45, 2.75) is 13.5 Å². The van der Waals surface area contributed by atoms with Crippen LogP contribution >= 0.6 is 34.5 Å². The molecule has 1 aromatic carbocycles. The lowest BCUT2D eigenvalue weighted by atomic mass is 10.1. The highest BCUT2D eigenvalue weighted by molar-refractivity contribution is 7.15. The number of nitrogens with zero attached hydrogens (tertiary/aromatic N) is 3. The predicted molar refractivity (Wildman–Crippen MR) is 83.6 cm³/mol. The average Bonchev–Trinajstić information content (AvgIpc) is 2.96. The third-order valence-electron chi connectivity index (χ3n) is 2.98. The third kappa shape index (κ3) is 2.59. The van der Waals surface area contributed by atoms with Gasteiger partial charge in [-0.1, -0.05) is 11.6 Å². The fourth-order valence-corrected chi connectivity index (χ4v) is 3.80. The van der Waals surface area contributed by atoms with Crippen LogP contribution in [0.15, 0.2) is 24.5 Å². The first-order chi connectivity index (χ1) is 9.13. The minimum atomic E-state index is 0.734. The Hall–Kier alpha value is -1.17. The molecule has 0 amide bonds. The van der Waals surface area contributed by atoms with Crippen molar-refractivity contribution in [3.8, 4) is 0 Å². The molecule has 0 spiro atoms. The van der Waals surface area contributed by atoms with Gasteiger partial charge in [0.15, 0.2) is 0 Å². The van der Waals surface area contributed by atoms with E-state index >= 15 is 0 Å². The van der Waals surface area contributed by atoms with E-state index in [2.05, 4.69) is 40.4 Å². The van der Waals surface area contributed by atoms with Gasteiger partial charge < -0.3 is 4.90 Å². The number of benzene rings is 1. The topological polar surface area (TPSA) is 29.0 Å². The zero-order valence-corrected chi connectivity index (χ0v) is 12.9. The van der Waals surface area contributed by atoms with Gasteiger partial charge in [-0.05, 0) is 36.2 Å². The first kappa shape index (κ1) is 12.8. The van der Waals surface area contributed by atoms with Crippen molar-refractivity contribution >= 4 is 50.2 Å². The van der Waals surface area contributed by atoms with E-state index in [9.17, 15) is 0 Å². The number of fused-ring (bicyclic) bond motifs is 1. The van der Waals surface area contributed by atoms with Crippen molar-refractivity contribution in [3.63, 3.8) is 0 Å². The summed E-state index contributed by atoms with van der Waals surface area (Å²) >= 11 is 8.97. The van der Waals surface area contributed by atoms with E-state index in [4.69, 9.17) is 11.6 Å². The van der Waals surface area contributed by atoms with E-state index in [0.29, 0.717) is 0 Å². The fourth-order valence-electron chi connectivity index (χ4n) is 2.07. The van der Waals surface area contributed by atoms with Gasteiger partial charge in [0, 0.05) is 24.3 Å². The normalized spacial score (nSPS) is 11.1. The Balaban J connectivity index is 1.91. The predicted octanol–water partition coefficient (Wildman–Crippen LogP) is 4.35. The molecule has 0 N–H and O–H groups in total. The number of thiazole rings is 1. The molecule has 2 aromatic heterocycles. The van der Waals surface area contributed by atoms with E-state index in [1.807, 2.05) is 6.20 Å². The van der Waals surface area contributed by atoms with Gasteiger partial charge in [0.05, 0.1) is 17.4 Å². The van der Waals surface area contributed by atoms with Crippen molar-refractivity contribution in [2.75, 3.05) is 11.9 Å². The second kappa shape index (κ2) is 5.07. The third-order valence-corrected chi connectivity index (χ3v) is 4.84. The van der Waals surface area contributed by atoms with Gasteiger partial charge in [0.25, 0.3) is 0 Å². The van der Waals surface area contributed by atoms with E-state index in [1.165, 1.54) is 44.2 Å². The van der Waals surface area contributed by atoms with Crippen LogP contribution < -0.4 is 4.90 Å². The van der Waals surface area contributed by atoms with Crippen molar-refractivity contribution in [1.82, 2.24) is 9.36 Å². The van der Waals surface area contributed by atoms with Gasteiger partial charge in [-0.15, -0.1) is 11.3 Å². The minimum absolute atomic E-state index is 0.734. The highest BCUT2D eigenvalue weighted by Gasteiger charge is 2.10. The van der Waals surface area contributed by atoms with Crippen LogP contribution in [0.3, 0.4) is 0 Å². The summed E-state index contributed by atoms with van der Waals surface area (Å²) in [7, 11) is 2.07. The number of anilines is 1. The summed E-state index contributed by atoms with van der Waals surface area (Å²) in [6.45, 7) is 2.89. The fraction of sp³-hybridized carbons (Fsp3) is 0.231. The molecule has 6 heteroatoms. The molecule has 0 radical (unpaired) electrons. The molecule has 2 heterocycles. The number of halogens is 1. The smallest absolute Gasteiger partial charge is 0.113 e. The molecule has 0 saturated heterocycles. The maximum Gasteiger partial charge on any atom is 0.113 e. The maximum atomic E-state index is 5.92. The SMILES string of the molecule is Cc1cc2sncc2cc1N(C)Cc1ncc(Cl)s1. The van der Waals surface area contributed by atoms with Gasteiger partial charge in [-0.3, -0.25) is 0 Å². The van der Waals surface area contributed by atoms with Gasteiger partial charge in [-0.2, -0.15) is 4.37 Å². The zero-order valence-electron chi connectivity index (χ0n) is 10.6. The molecule has 0 aliphatic heterocycles. The summed E-state index contributed by atoms with van der Waals surface area (Å²) in [6.07, 6.45) is 3.62. The van der Waals surface area contributed by atoms with Crippen LogP contribution in [0.4, 0.5) is 5.69 Å². The molecule has 0 unspecified atom stereocenters. The quantitative estimate of drug-likeness (QED) is 0.720. The largest absolute Gasteiger partial charge is 0.368 e. The van der Waals surface area contributed by atoms with E-state index in [0.717, 1.165) is 15.9 Å². The van der Waals surface area contributed by atoms with Gasteiger partial charge in [-0.25, -0.2) is 4.98 Å². The van der Waals surface area contributed by atoms with Crippen LogP contribution in [0.2, 0.25) is 4.34 Å². The van der Waals surface area contributed by atoms with Crippen LogP contribution in [-0.2, 0) is 6.54 Å². The second-order valence-corrected chi connectivity index (χ2v) is 7.00. The van der Waals surface area contributed by atoms with Gasteiger partial charge in [0.1, 0.15) is 9.34 Å². The van der Waals surface area contributed by atoms with Crippen molar-refractivity contribution in [1.29, 1.82) is 0 Å². The van der Waals surface area contributed by atoms with Crippen LogP contribution in [0.25, 0.3) is 10.1 Å². The van der Waals surface area contributed by atoms with E-state index in [-0.39, 0.29) is 0 Å². The molecular formula is C13H12ClN3S2. The molecule has 98 valence electrons. The Morgan fingerprint density at radius 1 is 1.32 bits per heavy atom. The number of aryl methyl sites for hydroxylation is 1. The Kier molecular flexibility index (Phi) is 3.43. The molecule has 3 aromatic rings. The van der Waals surface area contributed by atoms with Crippen LogP contribution in [-0.4, -0.2) is 16.4 Å². The Morgan fingerprint density at radius 3 is 2.89 bits per heavy atom. The molecule has 3 rings (SSSR count). The highest BCUT2D eigenvalue weighted by atomic mass is 35.5. The molecule has 19 heavy (non-hydrogen) atoms. The number of hydrogen-bond acceptors (Lipinski definition) is 5. The Labute approximate surface area is 124 Å². The lowest BCUT2D eigenvalue weighted by Crippen LogP contribution is -2.17. The molecular weight excluding hydrogens is 298 g/mol. The Morgan fingerprint density at radius 2 is 2.16 bits per heavy atom. The monoisotopic (exact) mass is 309 g/mol. The highest BCUT2D eigenvalue weighted by Crippen LogP contribution is 2.29. The van der Waals surface area contributed by atoms with Crippen molar-refractivity contribution in [3.05, 3.63) is 39.4 Å². The first-order valence-electron chi connectivity index (χ1n) is 5.80. The summed E-state index contributed by atoms with van der Waals surface area (Å²) < 4.78 is 6.19. The molecule has 0 atom stereocenters. The summed E-state index contributed by atoms with van der Waals surface area (Å²) in [6, 6.07) is 4.37. The maximum absolute atomic E-state index is 5.92.